The predicted molar refractivity (Wildman–Crippen MR) is 101 cm³/mol. The number of rotatable bonds is 5. The molecule has 0 amide bonds. The van der Waals surface area contributed by atoms with Gasteiger partial charge in [-0.05, 0) is 18.9 Å². The van der Waals surface area contributed by atoms with Gasteiger partial charge in [0.25, 0.3) is 0 Å². The van der Waals surface area contributed by atoms with E-state index in [0.29, 0.717) is 17.8 Å². The molecule has 2 fully saturated rings. The molecule has 4 rings (SSSR count). The maximum absolute atomic E-state index is 5.50. The number of ether oxygens (including phenoxy) is 1. The Morgan fingerprint density at radius 3 is 2.63 bits per heavy atom. The van der Waals surface area contributed by atoms with Gasteiger partial charge in [-0.25, -0.2) is 4.98 Å². The summed E-state index contributed by atoms with van der Waals surface area (Å²) >= 11 is 0. The summed E-state index contributed by atoms with van der Waals surface area (Å²) in [4.78, 5) is 16.1. The van der Waals surface area contributed by atoms with Gasteiger partial charge in [-0.2, -0.15) is 4.98 Å². The number of piperidine rings is 1. The zero-order valence-electron chi connectivity index (χ0n) is 16.0. The van der Waals surface area contributed by atoms with Crippen LogP contribution in [0.15, 0.2) is 16.7 Å². The number of hydrogen-bond donors (Lipinski definition) is 0. The molecule has 0 radical (unpaired) electrons. The molecule has 0 atom stereocenters. The standard InChI is InChI=1S/C18H27N7O2/c1-14-21-22-17(27-14)13-24-7-4-15(5-8-24)23(2)16-3-6-19-18(20-16)25-9-11-26-12-10-25/h3,6,15H,4-5,7-13H2,1-2H3. The molecule has 4 heterocycles. The molecule has 0 saturated carbocycles. The van der Waals surface area contributed by atoms with Crippen molar-refractivity contribution in [2.24, 2.45) is 0 Å². The molecule has 0 aliphatic carbocycles. The van der Waals surface area contributed by atoms with Crippen LogP contribution in [0.4, 0.5) is 11.8 Å². The number of morpholine rings is 1. The van der Waals surface area contributed by atoms with Crippen molar-refractivity contribution in [1.29, 1.82) is 0 Å². The molecule has 0 spiro atoms. The fraction of sp³-hybridized carbons (Fsp3) is 0.667. The van der Waals surface area contributed by atoms with Crippen LogP contribution in [0.1, 0.15) is 24.6 Å². The Morgan fingerprint density at radius 2 is 1.93 bits per heavy atom. The van der Waals surface area contributed by atoms with Gasteiger partial charge in [-0.1, -0.05) is 0 Å². The van der Waals surface area contributed by atoms with Gasteiger partial charge in [0.05, 0.1) is 19.8 Å². The molecule has 2 aromatic rings. The van der Waals surface area contributed by atoms with E-state index in [9.17, 15) is 0 Å². The topological polar surface area (TPSA) is 83.7 Å². The van der Waals surface area contributed by atoms with Gasteiger partial charge in [-0.3, -0.25) is 4.90 Å². The highest BCUT2D eigenvalue weighted by Crippen LogP contribution is 2.23. The lowest BCUT2D eigenvalue weighted by atomic mass is 10.0. The molecule has 0 bridgehead atoms. The summed E-state index contributed by atoms with van der Waals surface area (Å²) in [6.07, 6.45) is 4.03. The highest BCUT2D eigenvalue weighted by molar-refractivity contribution is 5.44. The average Bonchev–Trinajstić information content (AvgIpc) is 3.13. The van der Waals surface area contributed by atoms with Crippen molar-refractivity contribution < 1.29 is 9.15 Å². The summed E-state index contributed by atoms with van der Waals surface area (Å²) < 4.78 is 10.9. The fourth-order valence-corrected chi connectivity index (χ4v) is 3.70. The molecule has 27 heavy (non-hydrogen) atoms. The lowest BCUT2D eigenvalue weighted by molar-refractivity contribution is 0.122. The molecule has 146 valence electrons. The quantitative estimate of drug-likeness (QED) is 0.765. The second-order valence-corrected chi connectivity index (χ2v) is 7.15. The maximum atomic E-state index is 5.50. The number of hydrogen-bond acceptors (Lipinski definition) is 9. The number of aromatic nitrogens is 4. The van der Waals surface area contributed by atoms with Gasteiger partial charge in [0, 0.05) is 52.4 Å². The molecule has 2 aliphatic rings. The van der Waals surface area contributed by atoms with Crippen LogP contribution in [0, 0.1) is 6.92 Å². The van der Waals surface area contributed by atoms with Gasteiger partial charge in [0.2, 0.25) is 17.7 Å². The van der Waals surface area contributed by atoms with Gasteiger partial charge in [0.15, 0.2) is 0 Å². The van der Waals surface area contributed by atoms with Crippen molar-refractivity contribution >= 4 is 11.8 Å². The highest BCUT2D eigenvalue weighted by Gasteiger charge is 2.25. The van der Waals surface area contributed by atoms with Crippen molar-refractivity contribution in [3.8, 4) is 0 Å². The van der Waals surface area contributed by atoms with E-state index < -0.39 is 0 Å². The number of nitrogens with zero attached hydrogens (tertiary/aromatic N) is 7. The van der Waals surface area contributed by atoms with E-state index >= 15 is 0 Å². The first-order valence-electron chi connectivity index (χ1n) is 9.59. The Morgan fingerprint density at radius 1 is 1.15 bits per heavy atom. The summed E-state index contributed by atoms with van der Waals surface area (Å²) in [6, 6.07) is 2.47. The Bertz CT molecular complexity index is 739. The molecular weight excluding hydrogens is 346 g/mol. The third kappa shape index (κ3) is 4.36. The molecule has 9 nitrogen and oxygen atoms in total. The Balaban J connectivity index is 1.34. The second-order valence-electron chi connectivity index (χ2n) is 7.15. The van der Waals surface area contributed by atoms with Crippen LogP contribution in [0.3, 0.4) is 0 Å². The first-order chi connectivity index (χ1) is 13.2. The van der Waals surface area contributed by atoms with Crippen molar-refractivity contribution in [2.45, 2.75) is 32.4 Å². The minimum atomic E-state index is 0.470. The summed E-state index contributed by atoms with van der Waals surface area (Å²) in [5, 5.41) is 8.00. The van der Waals surface area contributed by atoms with E-state index in [0.717, 1.165) is 70.5 Å². The van der Waals surface area contributed by atoms with Gasteiger partial charge in [0.1, 0.15) is 5.82 Å². The van der Waals surface area contributed by atoms with Crippen LogP contribution in [-0.4, -0.2) is 77.5 Å². The first-order valence-corrected chi connectivity index (χ1v) is 9.59. The number of anilines is 2. The molecule has 0 aromatic carbocycles. The summed E-state index contributed by atoms with van der Waals surface area (Å²) in [6.45, 7) is 7.75. The molecule has 0 unspecified atom stereocenters. The number of aryl methyl sites for hydroxylation is 1. The summed E-state index contributed by atoms with van der Waals surface area (Å²) in [5.41, 5.74) is 0. The lowest BCUT2D eigenvalue weighted by Gasteiger charge is -2.37. The van der Waals surface area contributed by atoms with Crippen LogP contribution >= 0.6 is 0 Å². The third-order valence-corrected chi connectivity index (χ3v) is 5.32. The second kappa shape index (κ2) is 8.18. The molecule has 9 heteroatoms. The van der Waals surface area contributed by atoms with E-state index in [4.69, 9.17) is 14.1 Å². The smallest absolute Gasteiger partial charge is 0.230 e. The van der Waals surface area contributed by atoms with Crippen molar-refractivity contribution in [3.63, 3.8) is 0 Å². The van der Waals surface area contributed by atoms with E-state index in [-0.39, 0.29) is 0 Å². The summed E-state index contributed by atoms with van der Waals surface area (Å²) in [7, 11) is 2.13. The lowest BCUT2D eigenvalue weighted by Crippen LogP contribution is -2.43. The minimum absolute atomic E-state index is 0.470. The van der Waals surface area contributed by atoms with Crippen LogP contribution in [0.5, 0.6) is 0 Å². The molecular formula is C18H27N7O2. The van der Waals surface area contributed by atoms with E-state index in [2.05, 4.69) is 36.9 Å². The van der Waals surface area contributed by atoms with Crippen molar-refractivity contribution in [3.05, 3.63) is 24.0 Å². The van der Waals surface area contributed by atoms with Crippen molar-refractivity contribution in [1.82, 2.24) is 25.1 Å². The maximum Gasteiger partial charge on any atom is 0.230 e. The summed E-state index contributed by atoms with van der Waals surface area (Å²) in [5.74, 6) is 3.11. The first kappa shape index (κ1) is 18.1. The number of likely N-dealkylation sites (tertiary alicyclic amines) is 1. The van der Waals surface area contributed by atoms with Crippen LogP contribution in [-0.2, 0) is 11.3 Å². The Kier molecular flexibility index (Phi) is 5.49. The monoisotopic (exact) mass is 373 g/mol. The molecule has 2 saturated heterocycles. The van der Waals surface area contributed by atoms with Crippen LogP contribution in [0.2, 0.25) is 0 Å². The largest absolute Gasteiger partial charge is 0.424 e. The molecule has 2 aliphatic heterocycles. The highest BCUT2D eigenvalue weighted by atomic mass is 16.5. The van der Waals surface area contributed by atoms with Gasteiger partial charge >= 0.3 is 0 Å². The molecule has 0 N–H and O–H groups in total. The van der Waals surface area contributed by atoms with E-state index in [1.54, 1.807) is 0 Å². The Hall–Kier alpha value is -2.26. The third-order valence-electron chi connectivity index (χ3n) is 5.32. The zero-order chi connectivity index (χ0) is 18.6. The Labute approximate surface area is 159 Å². The minimum Gasteiger partial charge on any atom is -0.424 e. The van der Waals surface area contributed by atoms with E-state index in [1.807, 2.05) is 19.2 Å². The SMILES string of the molecule is Cc1nnc(CN2CCC(N(C)c3ccnc(N4CCOCC4)n3)CC2)o1. The zero-order valence-corrected chi connectivity index (χ0v) is 16.0. The fourth-order valence-electron chi connectivity index (χ4n) is 3.70. The van der Waals surface area contributed by atoms with Gasteiger partial charge in [-0.15, -0.1) is 10.2 Å². The normalized spacial score (nSPS) is 19.4. The predicted octanol–water partition coefficient (Wildman–Crippen LogP) is 1.11. The average molecular weight is 373 g/mol. The van der Waals surface area contributed by atoms with Crippen molar-refractivity contribution in [2.75, 3.05) is 56.2 Å². The van der Waals surface area contributed by atoms with Crippen LogP contribution in [0.25, 0.3) is 0 Å². The van der Waals surface area contributed by atoms with E-state index in [1.165, 1.54) is 0 Å². The van der Waals surface area contributed by atoms with Gasteiger partial charge < -0.3 is 19.0 Å². The molecule has 2 aromatic heterocycles. The van der Waals surface area contributed by atoms with Crippen LogP contribution < -0.4 is 9.80 Å².